The van der Waals surface area contributed by atoms with E-state index in [0.29, 0.717) is 25.8 Å². The standard InChI is InChI=1S/C19H23N5O2/c25-17-16(7-14-23(17)15-5-2-1-3-6-15)22-18(26)19(8-11-20-12-9-19)24-13-4-10-21-24/h1-6,10,13,16,20H,7-9,11-12,14H2,(H,22,26). The fourth-order valence-electron chi connectivity index (χ4n) is 3.89. The number of hydrogen-bond donors (Lipinski definition) is 2. The maximum absolute atomic E-state index is 13.2. The van der Waals surface area contributed by atoms with Gasteiger partial charge in [-0.15, -0.1) is 0 Å². The van der Waals surface area contributed by atoms with Crippen molar-refractivity contribution in [2.24, 2.45) is 0 Å². The molecule has 0 saturated carbocycles. The van der Waals surface area contributed by atoms with E-state index in [1.807, 2.05) is 42.6 Å². The number of hydrogen-bond acceptors (Lipinski definition) is 4. The van der Waals surface area contributed by atoms with Gasteiger partial charge in [-0.05, 0) is 50.6 Å². The third kappa shape index (κ3) is 2.88. The molecular formula is C19H23N5O2. The molecule has 7 heteroatoms. The van der Waals surface area contributed by atoms with Crippen LogP contribution in [0.5, 0.6) is 0 Å². The van der Waals surface area contributed by atoms with E-state index in [9.17, 15) is 9.59 Å². The summed E-state index contributed by atoms with van der Waals surface area (Å²) < 4.78 is 1.75. The molecule has 0 bridgehead atoms. The van der Waals surface area contributed by atoms with Gasteiger partial charge in [-0.1, -0.05) is 18.2 Å². The summed E-state index contributed by atoms with van der Waals surface area (Å²) in [5, 5.41) is 10.6. The predicted molar refractivity (Wildman–Crippen MR) is 97.6 cm³/mol. The SMILES string of the molecule is O=C1C(NC(=O)C2(n3cccn3)CCNCC2)CCN1c1ccccc1. The van der Waals surface area contributed by atoms with Gasteiger partial charge in [0.15, 0.2) is 0 Å². The molecule has 4 rings (SSSR count). The van der Waals surface area contributed by atoms with E-state index in [1.54, 1.807) is 15.8 Å². The molecule has 2 aliphatic heterocycles. The van der Waals surface area contributed by atoms with Crippen LogP contribution in [0.1, 0.15) is 19.3 Å². The van der Waals surface area contributed by atoms with Crippen LogP contribution in [0, 0.1) is 0 Å². The number of anilines is 1. The molecule has 2 N–H and O–H groups in total. The summed E-state index contributed by atoms with van der Waals surface area (Å²) in [4.78, 5) is 27.7. The molecule has 1 aromatic carbocycles. The average molecular weight is 353 g/mol. The lowest BCUT2D eigenvalue weighted by molar-refractivity contribution is -0.135. The lowest BCUT2D eigenvalue weighted by Crippen LogP contribution is -2.57. The first-order valence-electron chi connectivity index (χ1n) is 9.09. The van der Waals surface area contributed by atoms with E-state index in [2.05, 4.69) is 15.7 Å². The van der Waals surface area contributed by atoms with Crippen LogP contribution in [0.15, 0.2) is 48.8 Å². The highest BCUT2D eigenvalue weighted by molar-refractivity contribution is 6.02. The van der Waals surface area contributed by atoms with Gasteiger partial charge in [-0.25, -0.2) is 0 Å². The Hall–Kier alpha value is -2.67. The third-order valence-electron chi connectivity index (χ3n) is 5.38. The maximum atomic E-state index is 13.2. The van der Waals surface area contributed by atoms with Gasteiger partial charge in [-0.3, -0.25) is 14.3 Å². The van der Waals surface area contributed by atoms with Crippen LogP contribution >= 0.6 is 0 Å². The van der Waals surface area contributed by atoms with E-state index in [-0.39, 0.29) is 11.8 Å². The highest BCUT2D eigenvalue weighted by Crippen LogP contribution is 2.28. The van der Waals surface area contributed by atoms with Gasteiger partial charge >= 0.3 is 0 Å². The zero-order chi connectivity index (χ0) is 18.0. The summed E-state index contributed by atoms with van der Waals surface area (Å²) in [7, 11) is 0. The molecular weight excluding hydrogens is 330 g/mol. The predicted octanol–water partition coefficient (Wildman–Crippen LogP) is 0.883. The number of piperidine rings is 1. The molecule has 136 valence electrons. The zero-order valence-electron chi connectivity index (χ0n) is 14.6. The fourth-order valence-corrected chi connectivity index (χ4v) is 3.89. The summed E-state index contributed by atoms with van der Waals surface area (Å²) in [5.74, 6) is -0.162. The lowest BCUT2D eigenvalue weighted by atomic mass is 9.87. The summed E-state index contributed by atoms with van der Waals surface area (Å²) >= 11 is 0. The van der Waals surface area contributed by atoms with Crippen LogP contribution in [0.3, 0.4) is 0 Å². The molecule has 2 fully saturated rings. The quantitative estimate of drug-likeness (QED) is 0.855. The summed E-state index contributed by atoms with van der Waals surface area (Å²) in [6.07, 6.45) is 5.45. The minimum absolute atomic E-state index is 0.0471. The van der Waals surface area contributed by atoms with Gasteiger partial charge in [0, 0.05) is 24.6 Å². The molecule has 1 atom stereocenters. The second-order valence-electron chi connectivity index (χ2n) is 6.87. The molecule has 2 aliphatic rings. The number of amides is 2. The van der Waals surface area contributed by atoms with Crippen LogP contribution in [0.25, 0.3) is 0 Å². The normalized spacial score (nSPS) is 22.4. The van der Waals surface area contributed by atoms with Crippen molar-refractivity contribution in [3.05, 3.63) is 48.8 Å². The van der Waals surface area contributed by atoms with Crippen LogP contribution in [-0.2, 0) is 15.1 Å². The van der Waals surface area contributed by atoms with Gasteiger partial charge in [0.2, 0.25) is 11.8 Å². The van der Waals surface area contributed by atoms with Crippen LogP contribution in [-0.4, -0.2) is 47.3 Å². The zero-order valence-corrected chi connectivity index (χ0v) is 14.6. The van der Waals surface area contributed by atoms with E-state index < -0.39 is 11.6 Å². The van der Waals surface area contributed by atoms with E-state index in [1.165, 1.54) is 0 Å². The van der Waals surface area contributed by atoms with Crippen molar-refractivity contribution in [2.45, 2.75) is 30.8 Å². The molecule has 26 heavy (non-hydrogen) atoms. The van der Waals surface area contributed by atoms with Crippen LogP contribution in [0.4, 0.5) is 5.69 Å². The number of benzene rings is 1. The Morgan fingerprint density at radius 1 is 1.19 bits per heavy atom. The molecule has 0 spiro atoms. The van der Waals surface area contributed by atoms with Gasteiger partial charge in [0.1, 0.15) is 11.6 Å². The average Bonchev–Trinajstić information content (AvgIpc) is 3.34. The van der Waals surface area contributed by atoms with Gasteiger partial charge in [0.25, 0.3) is 0 Å². The topological polar surface area (TPSA) is 79.3 Å². The van der Waals surface area contributed by atoms with Gasteiger partial charge in [-0.2, -0.15) is 5.10 Å². The minimum Gasteiger partial charge on any atom is -0.342 e. The van der Waals surface area contributed by atoms with Crippen molar-refractivity contribution in [3.63, 3.8) is 0 Å². The Bertz CT molecular complexity index is 768. The fraction of sp³-hybridized carbons (Fsp3) is 0.421. The minimum atomic E-state index is -0.727. The third-order valence-corrected chi connectivity index (χ3v) is 5.38. The Labute approximate surface area is 152 Å². The molecule has 2 aromatic rings. The van der Waals surface area contributed by atoms with Crippen molar-refractivity contribution in [1.82, 2.24) is 20.4 Å². The molecule has 1 aromatic heterocycles. The first-order valence-corrected chi connectivity index (χ1v) is 9.09. The second kappa shape index (κ2) is 6.92. The van der Waals surface area contributed by atoms with Crippen LogP contribution < -0.4 is 15.5 Å². The van der Waals surface area contributed by atoms with Crippen molar-refractivity contribution < 1.29 is 9.59 Å². The van der Waals surface area contributed by atoms with Crippen molar-refractivity contribution in [2.75, 3.05) is 24.5 Å². The highest BCUT2D eigenvalue weighted by atomic mass is 16.2. The van der Waals surface area contributed by atoms with Crippen molar-refractivity contribution in [3.8, 4) is 0 Å². The first kappa shape index (κ1) is 16.8. The van der Waals surface area contributed by atoms with E-state index in [4.69, 9.17) is 0 Å². The number of carbonyl (C=O) groups is 2. The summed E-state index contributed by atoms with van der Waals surface area (Å²) in [6.45, 7) is 2.12. The van der Waals surface area contributed by atoms with Gasteiger partial charge in [0.05, 0.1) is 0 Å². The Morgan fingerprint density at radius 2 is 1.96 bits per heavy atom. The maximum Gasteiger partial charge on any atom is 0.249 e. The largest absolute Gasteiger partial charge is 0.342 e. The second-order valence-corrected chi connectivity index (χ2v) is 6.87. The number of rotatable bonds is 4. The Kier molecular flexibility index (Phi) is 4.46. The number of nitrogens with one attached hydrogen (secondary N) is 2. The molecule has 1 unspecified atom stereocenters. The highest BCUT2D eigenvalue weighted by Gasteiger charge is 2.44. The molecule has 0 aliphatic carbocycles. The molecule has 7 nitrogen and oxygen atoms in total. The lowest BCUT2D eigenvalue weighted by Gasteiger charge is -2.37. The number of para-hydroxylation sites is 1. The summed E-state index contributed by atoms with van der Waals surface area (Å²) in [5.41, 5.74) is 0.146. The number of aromatic nitrogens is 2. The molecule has 3 heterocycles. The van der Waals surface area contributed by atoms with E-state index in [0.717, 1.165) is 18.8 Å². The van der Waals surface area contributed by atoms with Crippen molar-refractivity contribution >= 4 is 17.5 Å². The first-order chi connectivity index (χ1) is 12.7. The number of carbonyl (C=O) groups excluding carboxylic acids is 2. The number of nitrogens with zero attached hydrogens (tertiary/aromatic N) is 3. The monoisotopic (exact) mass is 353 g/mol. The molecule has 2 amide bonds. The Morgan fingerprint density at radius 3 is 2.65 bits per heavy atom. The molecule has 0 radical (unpaired) electrons. The van der Waals surface area contributed by atoms with E-state index >= 15 is 0 Å². The Balaban J connectivity index is 1.51. The summed E-state index contributed by atoms with van der Waals surface area (Å²) in [6, 6.07) is 10.9. The smallest absolute Gasteiger partial charge is 0.249 e. The van der Waals surface area contributed by atoms with Crippen molar-refractivity contribution in [1.29, 1.82) is 0 Å². The van der Waals surface area contributed by atoms with Gasteiger partial charge < -0.3 is 15.5 Å². The van der Waals surface area contributed by atoms with Crippen LogP contribution in [0.2, 0.25) is 0 Å². The molecule has 2 saturated heterocycles.